The molecule has 0 bridgehead atoms. The number of fused-ring (bicyclic) bond motifs is 1. The second kappa shape index (κ2) is 8.60. The Kier molecular flexibility index (Phi) is 5.52. The first kappa shape index (κ1) is 19.9. The predicted molar refractivity (Wildman–Crippen MR) is 124 cm³/mol. The Balaban J connectivity index is 1.33. The third-order valence-electron chi connectivity index (χ3n) is 5.44. The number of piperazine rings is 1. The minimum Gasteiger partial charge on any atom is -0.497 e. The van der Waals surface area contributed by atoms with Crippen molar-refractivity contribution in [2.75, 3.05) is 38.2 Å². The number of hydrogen-bond donors (Lipinski definition) is 0. The van der Waals surface area contributed by atoms with Gasteiger partial charge in [0.1, 0.15) is 28.0 Å². The summed E-state index contributed by atoms with van der Waals surface area (Å²) in [7, 11) is 1.66. The van der Waals surface area contributed by atoms with Crippen molar-refractivity contribution in [3.05, 3.63) is 53.0 Å². The Morgan fingerprint density at radius 2 is 1.90 bits per heavy atom. The summed E-state index contributed by atoms with van der Waals surface area (Å²) in [4.78, 5) is 27.0. The lowest BCUT2D eigenvalue weighted by molar-refractivity contribution is -0.130. The Labute approximate surface area is 188 Å². The lowest BCUT2D eigenvalue weighted by Crippen LogP contribution is -2.49. The summed E-state index contributed by atoms with van der Waals surface area (Å²) in [5, 5.41) is 2.01. The molecule has 7 nitrogen and oxygen atoms in total. The molecule has 9 heteroatoms. The smallest absolute Gasteiger partial charge is 0.227 e. The van der Waals surface area contributed by atoms with Crippen LogP contribution in [0.4, 0.5) is 5.82 Å². The van der Waals surface area contributed by atoms with Crippen molar-refractivity contribution in [1.29, 1.82) is 0 Å². The molecule has 0 unspecified atom stereocenters. The molecule has 1 aliphatic heterocycles. The predicted octanol–water partition coefficient (Wildman–Crippen LogP) is 3.71. The van der Waals surface area contributed by atoms with Gasteiger partial charge in [0.05, 0.1) is 13.5 Å². The first-order valence-corrected chi connectivity index (χ1v) is 11.7. The van der Waals surface area contributed by atoms with Gasteiger partial charge in [0.15, 0.2) is 5.82 Å². The topological polar surface area (TPSA) is 71.5 Å². The maximum absolute atomic E-state index is 12.6. The quantitative estimate of drug-likeness (QED) is 0.461. The first-order valence-electron chi connectivity index (χ1n) is 10.0. The number of carbonyl (C=O) groups excluding carboxylic acids is 1. The Bertz CT molecular complexity index is 1180. The van der Waals surface area contributed by atoms with Crippen molar-refractivity contribution < 1.29 is 9.53 Å². The zero-order valence-electron chi connectivity index (χ0n) is 17.0. The van der Waals surface area contributed by atoms with Crippen LogP contribution < -0.4 is 9.64 Å². The highest BCUT2D eigenvalue weighted by Crippen LogP contribution is 2.35. The zero-order valence-corrected chi connectivity index (χ0v) is 18.7. The fourth-order valence-corrected chi connectivity index (χ4v) is 5.33. The molecule has 1 aliphatic rings. The summed E-state index contributed by atoms with van der Waals surface area (Å²) in [6.45, 7) is 2.88. The minimum absolute atomic E-state index is 0.189. The molecular weight excluding hydrogens is 430 g/mol. The first-order chi connectivity index (χ1) is 15.2. The maximum Gasteiger partial charge on any atom is 0.227 e. The lowest BCUT2D eigenvalue weighted by Gasteiger charge is -2.35. The number of carbonyl (C=O) groups is 1. The summed E-state index contributed by atoms with van der Waals surface area (Å²) >= 11 is 3.05. The van der Waals surface area contributed by atoms with E-state index in [1.165, 1.54) is 11.5 Å². The van der Waals surface area contributed by atoms with Gasteiger partial charge in [-0.3, -0.25) is 4.79 Å². The van der Waals surface area contributed by atoms with Crippen LogP contribution in [0.2, 0.25) is 0 Å². The van der Waals surface area contributed by atoms with E-state index in [1.807, 2.05) is 46.7 Å². The number of nitrogens with zero attached hydrogens (tertiary/aromatic N) is 5. The van der Waals surface area contributed by atoms with E-state index >= 15 is 0 Å². The van der Waals surface area contributed by atoms with E-state index in [-0.39, 0.29) is 5.91 Å². The Hall–Kier alpha value is -3.04. The molecule has 1 saturated heterocycles. The molecule has 0 N–H and O–H groups in total. The number of hydrogen-bond acceptors (Lipinski definition) is 8. The number of ether oxygens (including phenoxy) is 1. The van der Waals surface area contributed by atoms with Crippen LogP contribution in [0.5, 0.6) is 5.75 Å². The third kappa shape index (κ3) is 3.98. The third-order valence-corrected chi connectivity index (χ3v) is 7.15. The highest BCUT2D eigenvalue weighted by molar-refractivity contribution is 7.14. The molecule has 4 heterocycles. The summed E-state index contributed by atoms with van der Waals surface area (Å²) in [6, 6.07) is 11.8. The Morgan fingerprint density at radius 1 is 1.10 bits per heavy atom. The van der Waals surface area contributed by atoms with E-state index in [0.29, 0.717) is 19.5 Å². The fraction of sp³-hybridized carbons (Fsp3) is 0.273. The fourth-order valence-electron chi connectivity index (χ4n) is 3.76. The molecule has 4 aromatic rings. The van der Waals surface area contributed by atoms with E-state index in [2.05, 4.69) is 19.2 Å². The number of benzene rings is 1. The number of rotatable bonds is 5. The zero-order chi connectivity index (χ0) is 21.2. The van der Waals surface area contributed by atoms with Gasteiger partial charge in [-0.1, -0.05) is 6.07 Å². The van der Waals surface area contributed by atoms with Crippen LogP contribution in [0.25, 0.3) is 21.5 Å². The molecule has 0 spiro atoms. The Morgan fingerprint density at radius 3 is 2.61 bits per heavy atom. The van der Waals surface area contributed by atoms with Gasteiger partial charge >= 0.3 is 0 Å². The number of amides is 1. The summed E-state index contributed by atoms with van der Waals surface area (Å²) < 4.78 is 10.9. The van der Waals surface area contributed by atoms with Gasteiger partial charge in [-0.2, -0.15) is 4.37 Å². The van der Waals surface area contributed by atoms with Gasteiger partial charge in [0.2, 0.25) is 5.91 Å². The summed E-state index contributed by atoms with van der Waals surface area (Å²) in [5.41, 5.74) is 2.72. The molecule has 0 atom stereocenters. The van der Waals surface area contributed by atoms with E-state index in [0.717, 1.165) is 51.0 Å². The van der Waals surface area contributed by atoms with Crippen LogP contribution in [-0.2, 0) is 11.2 Å². The number of aromatic nitrogens is 3. The number of thiophene rings is 1. The molecular formula is C22H21N5O2S2. The van der Waals surface area contributed by atoms with Gasteiger partial charge in [-0.25, -0.2) is 9.97 Å². The number of methoxy groups -OCH3 is 1. The van der Waals surface area contributed by atoms with Crippen LogP contribution in [0, 0.1) is 0 Å². The maximum atomic E-state index is 12.6. The molecule has 0 saturated carbocycles. The molecule has 1 aromatic carbocycles. The second-order valence-electron chi connectivity index (χ2n) is 7.26. The minimum atomic E-state index is 0.189. The van der Waals surface area contributed by atoms with Crippen LogP contribution in [0.3, 0.4) is 0 Å². The largest absolute Gasteiger partial charge is 0.497 e. The molecule has 158 valence electrons. The van der Waals surface area contributed by atoms with Crippen molar-refractivity contribution in [1.82, 2.24) is 19.2 Å². The highest BCUT2D eigenvalue weighted by atomic mass is 32.1. The molecule has 31 heavy (non-hydrogen) atoms. The normalized spacial score (nSPS) is 14.2. The van der Waals surface area contributed by atoms with E-state index < -0.39 is 0 Å². The second-order valence-corrected chi connectivity index (χ2v) is 9.06. The molecule has 5 rings (SSSR count). The molecule has 3 aromatic heterocycles. The lowest BCUT2D eigenvalue weighted by atomic mass is 10.1. The van der Waals surface area contributed by atoms with Gasteiger partial charge < -0.3 is 14.5 Å². The van der Waals surface area contributed by atoms with Crippen LogP contribution >= 0.6 is 22.9 Å². The van der Waals surface area contributed by atoms with Crippen molar-refractivity contribution in [2.45, 2.75) is 6.42 Å². The van der Waals surface area contributed by atoms with Crippen molar-refractivity contribution in [2.24, 2.45) is 0 Å². The average Bonchev–Trinajstić information content (AvgIpc) is 3.49. The SMILES string of the molecule is COc1ccc(-c2nsc3c(N4CCN(C(=O)Cc5cccs5)CC4)ncnc23)cc1. The standard InChI is InChI=1S/C22H21N5O2S2/c1-29-16-6-4-15(5-7-16)19-20-21(31-25-19)22(24-14-23-20)27-10-8-26(9-11-27)18(28)13-17-3-2-12-30-17/h2-7,12,14H,8-11,13H2,1H3. The van der Waals surface area contributed by atoms with Gasteiger partial charge in [0, 0.05) is 36.6 Å². The van der Waals surface area contributed by atoms with Crippen LogP contribution in [-0.4, -0.2) is 58.4 Å². The molecule has 0 radical (unpaired) electrons. The molecule has 0 aliphatic carbocycles. The van der Waals surface area contributed by atoms with Crippen molar-refractivity contribution in [3.8, 4) is 17.0 Å². The van der Waals surface area contributed by atoms with Crippen molar-refractivity contribution in [3.63, 3.8) is 0 Å². The summed E-state index contributed by atoms with van der Waals surface area (Å²) in [5.74, 6) is 1.90. The van der Waals surface area contributed by atoms with Crippen LogP contribution in [0.15, 0.2) is 48.1 Å². The molecule has 1 fully saturated rings. The van der Waals surface area contributed by atoms with E-state index in [4.69, 9.17) is 4.74 Å². The van der Waals surface area contributed by atoms with E-state index in [9.17, 15) is 4.79 Å². The average molecular weight is 452 g/mol. The summed E-state index contributed by atoms with van der Waals surface area (Å²) in [6.07, 6.45) is 2.09. The number of anilines is 1. The monoisotopic (exact) mass is 451 g/mol. The van der Waals surface area contributed by atoms with Gasteiger partial charge in [0.25, 0.3) is 0 Å². The van der Waals surface area contributed by atoms with Gasteiger partial charge in [-0.15, -0.1) is 11.3 Å². The van der Waals surface area contributed by atoms with Crippen molar-refractivity contribution >= 4 is 44.8 Å². The van der Waals surface area contributed by atoms with Gasteiger partial charge in [-0.05, 0) is 47.2 Å². The highest BCUT2D eigenvalue weighted by Gasteiger charge is 2.25. The van der Waals surface area contributed by atoms with Crippen LogP contribution in [0.1, 0.15) is 4.88 Å². The van der Waals surface area contributed by atoms with E-state index in [1.54, 1.807) is 24.8 Å². The molecule has 1 amide bonds.